The van der Waals surface area contributed by atoms with Crippen molar-refractivity contribution in [3.05, 3.63) is 11.4 Å². The molecule has 0 aliphatic rings. The van der Waals surface area contributed by atoms with E-state index in [9.17, 15) is 0 Å². The summed E-state index contributed by atoms with van der Waals surface area (Å²) in [4.78, 5) is 4.06. The summed E-state index contributed by atoms with van der Waals surface area (Å²) in [6.07, 6.45) is 0. The predicted molar refractivity (Wildman–Crippen MR) is 43.9 cm³/mol. The fourth-order valence-electron chi connectivity index (χ4n) is 0.648. The van der Waals surface area contributed by atoms with Crippen molar-refractivity contribution in [2.75, 3.05) is 13.2 Å². The van der Waals surface area contributed by atoms with Crippen molar-refractivity contribution in [2.24, 2.45) is 5.73 Å². The highest BCUT2D eigenvalue weighted by molar-refractivity contribution is 5.07. The lowest BCUT2D eigenvalue weighted by atomic mass is 10.4. The summed E-state index contributed by atoms with van der Waals surface area (Å²) in [6.45, 7) is 4.59. The first-order valence-corrected chi connectivity index (χ1v) is 3.75. The largest absolute Gasteiger partial charge is 0.461 e. The Morgan fingerprint density at radius 2 is 2.00 bits per heavy atom. The molecule has 66 valence electrons. The summed E-state index contributed by atoms with van der Waals surface area (Å²) in [6, 6.07) is 0.295. The molecule has 12 heavy (non-hydrogen) atoms. The van der Waals surface area contributed by atoms with Crippen LogP contribution in [-0.4, -0.2) is 28.3 Å². The number of ether oxygens (including phenoxy) is 1. The Hall–Kier alpha value is -1.23. The van der Waals surface area contributed by atoms with Gasteiger partial charge in [0.15, 0.2) is 0 Å². The molecule has 0 aromatic carbocycles. The fourth-order valence-corrected chi connectivity index (χ4v) is 0.648. The molecule has 1 aromatic rings. The molecule has 1 heterocycles. The predicted octanol–water partition coefficient (Wildman–Crippen LogP) is -0.174. The van der Waals surface area contributed by atoms with E-state index in [4.69, 9.17) is 10.5 Å². The fraction of sp³-hybridized carbons (Fsp3) is 0.571. The van der Waals surface area contributed by atoms with Gasteiger partial charge in [-0.05, 0) is 13.8 Å². The lowest BCUT2D eigenvalue weighted by molar-refractivity contribution is 0.296. The SMILES string of the molecule is Cc1nnc(OCCN)nc1C. The van der Waals surface area contributed by atoms with Gasteiger partial charge in [0.25, 0.3) is 0 Å². The van der Waals surface area contributed by atoms with Crippen LogP contribution in [0.1, 0.15) is 11.4 Å². The maximum absolute atomic E-state index is 5.24. The molecular weight excluding hydrogens is 156 g/mol. The Balaban J connectivity index is 2.69. The molecule has 0 fully saturated rings. The molecular formula is C7H12N4O. The molecule has 1 aromatic heterocycles. The molecule has 0 saturated carbocycles. The molecule has 0 aliphatic heterocycles. The Morgan fingerprint density at radius 1 is 1.25 bits per heavy atom. The van der Waals surface area contributed by atoms with E-state index < -0.39 is 0 Å². The van der Waals surface area contributed by atoms with E-state index in [0.29, 0.717) is 19.2 Å². The second kappa shape index (κ2) is 3.96. The lowest BCUT2D eigenvalue weighted by Gasteiger charge is -2.02. The van der Waals surface area contributed by atoms with Crippen molar-refractivity contribution < 1.29 is 4.74 Å². The summed E-state index contributed by atoms with van der Waals surface area (Å²) in [5, 5.41) is 7.59. The quantitative estimate of drug-likeness (QED) is 0.678. The minimum Gasteiger partial charge on any atom is -0.461 e. The van der Waals surface area contributed by atoms with Crippen LogP contribution in [-0.2, 0) is 0 Å². The van der Waals surface area contributed by atoms with Crippen molar-refractivity contribution >= 4 is 0 Å². The molecule has 0 amide bonds. The molecule has 0 spiro atoms. The van der Waals surface area contributed by atoms with Gasteiger partial charge in [0, 0.05) is 6.54 Å². The highest BCUT2D eigenvalue weighted by atomic mass is 16.5. The van der Waals surface area contributed by atoms with E-state index in [1.807, 2.05) is 13.8 Å². The first-order valence-electron chi connectivity index (χ1n) is 3.75. The van der Waals surface area contributed by atoms with E-state index in [1.54, 1.807) is 0 Å². The van der Waals surface area contributed by atoms with Crippen LogP contribution >= 0.6 is 0 Å². The molecule has 0 atom stereocenters. The van der Waals surface area contributed by atoms with Gasteiger partial charge in [-0.2, -0.15) is 4.98 Å². The van der Waals surface area contributed by atoms with Crippen molar-refractivity contribution in [3.63, 3.8) is 0 Å². The van der Waals surface area contributed by atoms with Gasteiger partial charge in [0.2, 0.25) is 0 Å². The third kappa shape index (κ3) is 2.13. The van der Waals surface area contributed by atoms with E-state index in [1.165, 1.54) is 0 Å². The van der Waals surface area contributed by atoms with Crippen LogP contribution in [0.5, 0.6) is 6.01 Å². The number of nitrogens with zero attached hydrogens (tertiary/aromatic N) is 3. The molecule has 0 bridgehead atoms. The summed E-state index contributed by atoms with van der Waals surface area (Å²) in [7, 11) is 0. The highest BCUT2D eigenvalue weighted by Gasteiger charge is 2.00. The van der Waals surface area contributed by atoms with Crippen molar-refractivity contribution in [3.8, 4) is 6.01 Å². The maximum Gasteiger partial charge on any atom is 0.335 e. The normalized spacial score (nSPS) is 9.92. The van der Waals surface area contributed by atoms with Gasteiger partial charge in [-0.1, -0.05) is 5.10 Å². The van der Waals surface area contributed by atoms with E-state index >= 15 is 0 Å². The van der Waals surface area contributed by atoms with Crippen LogP contribution in [0.2, 0.25) is 0 Å². The van der Waals surface area contributed by atoms with E-state index in [-0.39, 0.29) is 0 Å². The van der Waals surface area contributed by atoms with Crippen LogP contribution < -0.4 is 10.5 Å². The highest BCUT2D eigenvalue weighted by Crippen LogP contribution is 2.03. The lowest BCUT2D eigenvalue weighted by Crippen LogP contribution is -2.13. The molecule has 5 nitrogen and oxygen atoms in total. The van der Waals surface area contributed by atoms with Gasteiger partial charge in [-0.25, -0.2) is 0 Å². The molecule has 0 unspecified atom stereocenters. The molecule has 0 saturated heterocycles. The zero-order valence-corrected chi connectivity index (χ0v) is 7.24. The van der Waals surface area contributed by atoms with Gasteiger partial charge in [-0.3, -0.25) is 0 Å². The van der Waals surface area contributed by atoms with Crippen LogP contribution in [0, 0.1) is 13.8 Å². The Labute approximate surface area is 71.0 Å². The van der Waals surface area contributed by atoms with E-state index in [2.05, 4.69) is 15.2 Å². The molecule has 2 N–H and O–H groups in total. The number of hydrogen-bond acceptors (Lipinski definition) is 5. The first kappa shape index (κ1) is 8.86. The Kier molecular flexibility index (Phi) is 2.93. The van der Waals surface area contributed by atoms with Gasteiger partial charge in [0.05, 0.1) is 11.4 Å². The minimum atomic E-state index is 0.295. The van der Waals surface area contributed by atoms with Gasteiger partial charge in [0.1, 0.15) is 6.61 Å². The van der Waals surface area contributed by atoms with Crippen LogP contribution in [0.15, 0.2) is 0 Å². The third-order valence-electron chi connectivity index (χ3n) is 1.42. The van der Waals surface area contributed by atoms with Crippen LogP contribution in [0.4, 0.5) is 0 Å². The zero-order valence-electron chi connectivity index (χ0n) is 7.24. The number of aryl methyl sites for hydroxylation is 2. The summed E-state index contributed by atoms with van der Waals surface area (Å²) in [5.74, 6) is 0. The number of aromatic nitrogens is 3. The number of nitrogens with two attached hydrogens (primary N) is 1. The van der Waals surface area contributed by atoms with Crippen molar-refractivity contribution in [1.82, 2.24) is 15.2 Å². The van der Waals surface area contributed by atoms with Crippen LogP contribution in [0.25, 0.3) is 0 Å². The smallest absolute Gasteiger partial charge is 0.335 e. The summed E-state index contributed by atoms with van der Waals surface area (Å²) < 4.78 is 5.08. The summed E-state index contributed by atoms with van der Waals surface area (Å²) in [5.41, 5.74) is 6.89. The van der Waals surface area contributed by atoms with Gasteiger partial charge < -0.3 is 10.5 Å². The van der Waals surface area contributed by atoms with Crippen molar-refractivity contribution in [2.45, 2.75) is 13.8 Å². The zero-order chi connectivity index (χ0) is 8.97. The second-order valence-corrected chi connectivity index (χ2v) is 2.40. The van der Waals surface area contributed by atoms with Crippen molar-refractivity contribution in [1.29, 1.82) is 0 Å². The second-order valence-electron chi connectivity index (χ2n) is 2.40. The first-order chi connectivity index (χ1) is 5.74. The Morgan fingerprint density at radius 3 is 2.58 bits per heavy atom. The monoisotopic (exact) mass is 168 g/mol. The maximum atomic E-state index is 5.24. The third-order valence-corrected chi connectivity index (χ3v) is 1.42. The number of hydrogen-bond donors (Lipinski definition) is 1. The standard InChI is InChI=1S/C7H12N4O/c1-5-6(2)10-11-7(9-5)12-4-3-8/h3-4,8H2,1-2H3. The molecule has 5 heteroatoms. The summed E-state index contributed by atoms with van der Waals surface area (Å²) >= 11 is 0. The molecule has 1 rings (SSSR count). The Bertz CT molecular complexity index is 264. The number of rotatable bonds is 3. The molecule has 0 aliphatic carbocycles. The molecule has 0 radical (unpaired) electrons. The van der Waals surface area contributed by atoms with Crippen LogP contribution in [0.3, 0.4) is 0 Å². The average Bonchev–Trinajstić information content (AvgIpc) is 2.07. The van der Waals surface area contributed by atoms with Gasteiger partial charge >= 0.3 is 6.01 Å². The minimum absolute atomic E-state index is 0.295. The topological polar surface area (TPSA) is 73.9 Å². The van der Waals surface area contributed by atoms with Gasteiger partial charge in [-0.15, -0.1) is 5.10 Å². The van der Waals surface area contributed by atoms with E-state index in [0.717, 1.165) is 11.4 Å². The average molecular weight is 168 g/mol.